The van der Waals surface area contributed by atoms with Crippen LogP contribution in [0.3, 0.4) is 0 Å². The van der Waals surface area contributed by atoms with Gasteiger partial charge in [0, 0.05) is 16.8 Å². The Kier molecular flexibility index (Phi) is 4.16. The fourth-order valence-corrected chi connectivity index (χ4v) is 2.35. The van der Waals surface area contributed by atoms with E-state index in [0.717, 1.165) is 11.1 Å². The van der Waals surface area contributed by atoms with Gasteiger partial charge in [0.15, 0.2) is 0 Å². The Morgan fingerprint density at radius 2 is 1.67 bits per heavy atom. The molecule has 0 aliphatic carbocycles. The van der Waals surface area contributed by atoms with Crippen LogP contribution in [0.5, 0.6) is 0 Å². The molecule has 5 nitrogen and oxygen atoms in total. The topological polar surface area (TPSA) is 79.5 Å². The van der Waals surface area contributed by atoms with Gasteiger partial charge in [0.1, 0.15) is 5.76 Å². The molecule has 24 heavy (non-hydrogen) atoms. The van der Waals surface area contributed by atoms with Crippen molar-refractivity contribution in [3.8, 4) is 11.3 Å². The van der Waals surface area contributed by atoms with E-state index >= 15 is 0 Å². The van der Waals surface area contributed by atoms with Gasteiger partial charge in [-0.25, -0.2) is 4.79 Å². The van der Waals surface area contributed by atoms with E-state index < -0.39 is 5.97 Å². The zero-order valence-corrected chi connectivity index (χ0v) is 12.9. The van der Waals surface area contributed by atoms with E-state index in [9.17, 15) is 9.59 Å². The van der Waals surface area contributed by atoms with Gasteiger partial charge in [-0.05, 0) is 55.0 Å². The van der Waals surface area contributed by atoms with Gasteiger partial charge in [0.25, 0.3) is 5.91 Å². The molecule has 1 heterocycles. The first-order valence-corrected chi connectivity index (χ1v) is 7.35. The van der Waals surface area contributed by atoms with E-state index in [0.29, 0.717) is 17.0 Å². The monoisotopic (exact) mass is 321 g/mol. The number of carboxylic acids is 1. The molecule has 1 amide bonds. The zero-order valence-electron chi connectivity index (χ0n) is 12.9. The molecule has 2 aromatic carbocycles. The number of benzene rings is 2. The molecule has 3 aromatic rings. The zero-order chi connectivity index (χ0) is 17.1. The molecule has 0 atom stereocenters. The summed E-state index contributed by atoms with van der Waals surface area (Å²) in [5.41, 5.74) is 2.91. The molecule has 5 heteroatoms. The Hall–Kier alpha value is -3.34. The van der Waals surface area contributed by atoms with E-state index in [2.05, 4.69) is 5.32 Å². The van der Waals surface area contributed by atoms with Crippen molar-refractivity contribution in [1.82, 2.24) is 0 Å². The minimum atomic E-state index is -1.11. The van der Waals surface area contributed by atoms with Crippen LogP contribution in [0.2, 0.25) is 0 Å². The number of nitrogens with one attached hydrogen (secondary N) is 1. The van der Waals surface area contributed by atoms with Gasteiger partial charge in [-0.2, -0.15) is 0 Å². The van der Waals surface area contributed by atoms with Crippen LogP contribution in [0, 0.1) is 6.92 Å². The van der Waals surface area contributed by atoms with Crippen LogP contribution in [0.15, 0.2) is 65.1 Å². The van der Waals surface area contributed by atoms with Crippen molar-refractivity contribution >= 4 is 17.6 Å². The number of carbonyl (C=O) groups is 2. The van der Waals surface area contributed by atoms with Gasteiger partial charge >= 0.3 is 5.97 Å². The van der Waals surface area contributed by atoms with Crippen LogP contribution < -0.4 is 5.32 Å². The fourth-order valence-electron chi connectivity index (χ4n) is 2.35. The quantitative estimate of drug-likeness (QED) is 0.754. The fraction of sp³-hybridized carbons (Fsp3) is 0.0526. The Labute approximate surface area is 138 Å². The number of carboxylic acid groups (broad SMARTS) is 1. The SMILES string of the molecule is Cc1ccccc1C(=O)Nc1ccc(-c2ccc(C(=O)O)o2)cc1. The van der Waals surface area contributed by atoms with Crippen molar-refractivity contribution in [2.45, 2.75) is 6.92 Å². The van der Waals surface area contributed by atoms with Crippen LogP contribution in [-0.4, -0.2) is 17.0 Å². The maximum atomic E-state index is 12.3. The van der Waals surface area contributed by atoms with Crippen molar-refractivity contribution < 1.29 is 19.1 Å². The highest BCUT2D eigenvalue weighted by atomic mass is 16.4. The van der Waals surface area contributed by atoms with Gasteiger partial charge in [-0.15, -0.1) is 0 Å². The minimum absolute atomic E-state index is 0.109. The molecule has 0 radical (unpaired) electrons. The first-order valence-electron chi connectivity index (χ1n) is 7.35. The van der Waals surface area contributed by atoms with Gasteiger partial charge in [-0.3, -0.25) is 4.79 Å². The van der Waals surface area contributed by atoms with Gasteiger partial charge in [0.05, 0.1) is 0 Å². The van der Waals surface area contributed by atoms with E-state index in [4.69, 9.17) is 9.52 Å². The lowest BCUT2D eigenvalue weighted by Gasteiger charge is -2.08. The summed E-state index contributed by atoms with van der Waals surface area (Å²) in [5.74, 6) is -0.929. The number of aryl methyl sites for hydroxylation is 1. The first-order chi connectivity index (χ1) is 11.5. The summed E-state index contributed by atoms with van der Waals surface area (Å²) < 4.78 is 5.25. The van der Waals surface area contributed by atoms with Crippen molar-refractivity contribution in [1.29, 1.82) is 0 Å². The van der Waals surface area contributed by atoms with Crippen LogP contribution in [-0.2, 0) is 0 Å². The van der Waals surface area contributed by atoms with Crippen LogP contribution >= 0.6 is 0 Å². The third-order valence-corrected chi connectivity index (χ3v) is 3.63. The standard InChI is InChI=1S/C19H15NO4/c1-12-4-2-3-5-15(12)18(21)20-14-8-6-13(7-9-14)16-10-11-17(24-16)19(22)23/h2-11H,1H3,(H,20,21)(H,22,23). The predicted octanol–water partition coefficient (Wildman–Crippen LogP) is 4.21. The third kappa shape index (κ3) is 3.20. The van der Waals surface area contributed by atoms with E-state index in [1.54, 1.807) is 36.4 Å². The van der Waals surface area contributed by atoms with Crippen LogP contribution in [0.25, 0.3) is 11.3 Å². The highest BCUT2D eigenvalue weighted by Crippen LogP contribution is 2.24. The molecule has 0 saturated heterocycles. The molecular weight excluding hydrogens is 306 g/mol. The van der Waals surface area contributed by atoms with Gasteiger partial charge < -0.3 is 14.8 Å². The molecule has 0 aliphatic heterocycles. The highest BCUT2D eigenvalue weighted by molar-refractivity contribution is 6.05. The van der Waals surface area contributed by atoms with Crippen LogP contribution in [0.4, 0.5) is 5.69 Å². The number of aromatic carboxylic acids is 1. The number of hydrogen-bond donors (Lipinski definition) is 2. The van der Waals surface area contributed by atoms with Crippen molar-refractivity contribution in [2.24, 2.45) is 0 Å². The number of amides is 1. The number of carbonyl (C=O) groups excluding carboxylic acids is 1. The summed E-state index contributed by atoms with van der Waals surface area (Å²) in [5, 5.41) is 11.7. The molecule has 3 rings (SSSR count). The summed E-state index contributed by atoms with van der Waals surface area (Å²) in [6, 6.07) is 17.4. The molecule has 2 N–H and O–H groups in total. The Balaban J connectivity index is 1.76. The summed E-state index contributed by atoms with van der Waals surface area (Å²) in [6.45, 7) is 1.88. The lowest BCUT2D eigenvalue weighted by atomic mass is 10.1. The summed E-state index contributed by atoms with van der Waals surface area (Å²) >= 11 is 0. The number of anilines is 1. The van der Waals surface area contributed by atoms with E-state index in [1.807, 2.05) is 25.1 Å². The van der Waals surface area contributed by atoms with Gasteiger partial charge in [0.2, 0.25) is 5.76 Å². The largest absolute Gasteiger partial charge is 0.475 e. The third-order valence-electron chi connectivity index (χ3n) is 3.63. The highest BCUT2D eigenvalue weighted by Gasteiger charge is 2.11. The first kappa shape index (κ1) is 15.6. The Morgan fingerprint density at radius 1 is 0.958 bits per heavy atom. The predicted molar refractivity (Wildman–Crippen MR) is 90.2 cm³/mol. The molecule has 1 aromatic heterocycles. The van der Waals surface area contributed by atoms with Crippen LogP contribution in [0.1, 0.15) is 26.5 Å². The molecule has 0 bridgehead atoms. The average molecular weight is 321 g/mol. The number of rotatable bonds is 4. The molecule has 120 valence electrons. The minimum Gasteiger partial charge on any atom is -0.475 e. The molecule has 0 spiro atoms. The molecule has 0 aliphatic rings. The normalized spacial score (nSPS) is 10.4. The van der Waals surface area contributed by atoms with Crippen molar-refractivity contribution in [3.63, 3.8) is 0 Å². The van der Waals surface area contributed by atoms with Gasteiger partial charge in [-0.1, -0.05) is 18.2 Å². The maximum Gasteiger partial charge on any atom is 0.371 e. The molecule has 0 saturated carbocycles. The summed E-state index contributed by atoms with van der Waals surface area (Å²) in [6.07, 6.45) is 0. The smallest absolute Gasteiger partial charge is 0.371 e. The molecular formula is C19H15NO4. The number of furan rings is 1. The Morgan fingerprint density at radius 3 is 2.29 bits per heavy atom. The lowest BCUT2D eigenvalue weighted by molar-refractivity contribution is 0.0663. The lowest BCUT2D eigenvalue weighted by Crippen LogP contribution is -2.13. The molecule has 0 fully saturated rings. The van der Waals surface area contributed by atoms with Crippen molar-refractivity contribution in [3.05, 3.63) is 77.6 Å². The Bertz CT molecular complexity index is 894. The second-order valence-corrected chi connectivity index (χ2v) is 5.32. The summed E-state index contributed by atoms with van der Waals surface area (Å²) in [4.78, 5) is 23.1. The number of hydrogen-bond acceptors (Lipinski definition) is 3. The van der Waals surface area contributed by atoms with E-state index in [1.165, 1.54) is 6.07 Å². The maximum absolute atomic E-state index is 12.3. The van der Waals surface area contributed by atoms with Crippen molar-refractivity contribution in [2.75, 3.05) is 5.32 Å². The second kappa shape index (κ2) is 6.42. The van der Waals surface area contributed by atoms with E-state index in [-0.39, 0.29) is 11.7 Å². The second-order valence-electron chi connectivity index (χ2n) is 5.32. The molecule has 0 unspecified atom stereocenters. The average Bonchev–Trinajstić information content (AvgIpc) is 3.06. The summed E-state index contributed by atoms with van der Waals surface area (Å²) in [7, 11) is 0.